The zero-order valence-electron chi connectivity index (χ0n) is 13.4. The smallest absolute Gasteiger partial charge is 0.325 e. The fourth-order valence-corrected chi connectivity index (χ4v) is 2.99. The molecular formula is C17H17N3O3S. The highest BCUT2D eigenvalue weighted by molar-refractivity contribution is 7.13. The van der Waals surface area contributed by atoms with Gasteiger partial charge in [0.05, 0.1) is 29.5 Å². The Bertz CT molecular complexity index is 850. The Kier molecular flexibility index (Phi) is 4.90. The molecule has 0 unspecified atom stereocenters. The van der Waals surface area contributed by atoms with Crippen molar-refractivity contribution in [3.05, 3.63) is 35.7 Å². The van der Waals surface area contributed by atoms with E-state index in [9.17, 15) is 4.79 Å². The third kappa shape index (κ3) is 3.30. The minimum Gasteiger partial charge on any atom is -0.496 e. The van der Waals surface area contributed by atoms with Gasteiger partial charge in [-0.3, -0.25) is 4.79 Å². The van der Waals surface area contributed by atoms with Crippen molar-refractivity contribution in [3.63, 3.8) is 0 Å². The van der Waals surface area contributed by atoms with Crippen molar-refractivity contribution in [1.82, 2.24) is 9.97 Å². The predicted octanol–water partition coefficient (Wildman–Crippen LogP) is 3.34. The summed E-state index contributed by atoms with van der Waals surface area (Å²) in [7, 11) is 1.59. The molecule has 2 heterocycles. The van der Waals surface area contributed by atoms with Gasteiger partial charge in [0.25, 0.3) is 0 Å². The molecule has 0 aliphatic carbocycles. The van der Waals surface area contributed by atoms with E-state index in [1.807, 2.05) is 35.7 Å². The lowest BCUT2D eigenvalue weighted by molar-refractivity contribution is -0.140. The number of hydrogen-bond donors (Lipinski definition) is 1. The molecule has 2 aromatic heterocycles. The zero-order valence-corrected chi connectivity index (χ0v) is 14.2. The summed E-state index contributed by atoms with van der Waals surface area (Å²) < 4.78 is 10.4. The molecule has 0 radical (unpaired) electrons. The van der Waals surface area contributed by atoms with Gasteiger partial charge in [-0.05, 0) is 30.5 Å². The van der Waals surface area contributed by atoms with Gasteiger partial charge in [-0.2, -0.15) is 0 Å². The number of benzene rings is 1. The number of methoxy groups -OCH3 is 1. The first-order valence-electron chi connectivity index (χ1n) is 7.51. The third-order valence-corrected chi connectivity index (χ3v) is 4.22. The average molecular weight is 343 g/mol. The number of nitrogens with zero attached hydrogens (tertiary/aromatic N) is 2. The number of nitrogens with one attached hydrogen (secondary N) is 1. The Morgan fingerprint density at radius 3 is 2.83 bits per heavy atom. The Hall–Kier alpha value is -2.67. The fourth-order valence-electron chi connectivity index (χ4n) is 2.33. The van der Waals surface area contributed by atoms with Crippen LogP contribution in [0.5, 0.6) is 5.75 Å². The predicted molar refractivity (Wildman–Crippen MR) is 94.5 cm³/mol. The van der Waals surface area contributed by atoms with E-state index in [4.69, 9.17) is 9.47 Å². The quantitative estimate of drug-likeness (QED) is 0.692. The maximum absolute atomic E-state index is 11.7. The summed E-state index contributed by atoms with van der Waals surface area (Å²) in [6.45, 7) is 2.15. The van der Waals surface area contributed by atoms with Crippen molar-refractivity contribution in [1.29, 1.82) is 0 Å². The zero-order chi connectivity index (χ0) is 16.9. The molecule has 0 saturated carbocycles. The van der Waals surface area contributed by atoms with Crippen LogP contribution < -0.4 is 10.1 Å². The number of ether oxygens (including phenoxy) is 2. The lowest BCUT2D eigenvalue weighted by atomic mass is 10.2. The second-order valence-corrected chi connectivity index (χ2v) is 5.83. The molecule has 0 spiro atoms. The minimum atomic E-state index is -0.336. The number of anilines is 1. The molecule has 0 aliphatic rings. The van der Waals surface area contributed by atoms with Crippen LogP contribution in [0.3, 0.4) is 0 Å². The van der Waals surface area contributed by atoms with Crippen molar-refractivity contribution in [3.8, 4) is 16.5 Å². The average Bonchev–Trinajstić information content (AvgIpc) is 3.13. The van der Waals surface area contributed by atoms with Gasteiger partial charge in [-0.1, -0.05) is 12.1 Å². The molecule has 7 heteroatoms. The minimum absolute atomic E-state index is 0.0296. The SMILES string of the molecule is CCOC(=O)CNc1nc(-c2cccs2)nc2cccc(OC)c12. The second kappa shape index (κ2) is 7.27. The van der Waals surface area contributed by atoms with E-state index in [0.717, 1.165) is 15.8 Å². The molecule has 0 saturated heterocycles. The van der Waals surface area contributed by atoms with E-state index in [1.54, 1.807) is 25.4 Å². The van der Waals surface area contributed by atoms with Crippen LogP contribution in [-0.4, -0.2) is 36.2 Å². The number of rotatable bonds is 6. The van der Waals surface area contributed by atoms with Crippen molar-refractivity contribution in [2.24, 2.45) is 0 Å². The molecule has 6 nitrogen and oxygen atoms in total. The largest absolute Gasteiger partial charge is 0.496 e. The molecule has 1 N–H and O–H groups in total. The summed E-state index contributed by atoms with van der Waals surface area (Å²) >= 11 is 1.56. The van der Waals surface area contributed by atoms with Gasteiger partial charge in [0.2, 0.25) is 0 Å². The molecule has 0 amide bonds. The van der Waals surface area contributed by atoms with E-state index in [1.165, 1.54) is 0 Å². The van der Waals surface area contributed by atoms with Gasteiger partial charge >= 0.3 is 5.97 Å². The molecule has 24 heavy (non-hydrogen) atoms. The first kappa shape index (κ1) is 16.2. The fraction of sp³-hybridized carbons (Fsp3) is 0.235. The highest BCUT2D eigenvalue weighted by atomic mass is 32.1. The van der Waals surface area contributed by atoms with Crippen molar-refractivity contribution in [2.75, 3.05) is 25.6 Å². The Balaban J connectivity index is 2.07. The number of esters is 1. The van der Waals surface area contributed by atoms with Gasteiger partial charge in [0.15, 0.2) is 5.82 Å². The second-order valence-electron chi connectivity index (χ2n) is 4.89. The topological polar surface area (TPSA) is 73.3 Å². The van der Waals surface area contributed by atoms with Crippen molar-refractivity contribution >= 4 is 34.0 Å². The number of fused-ring (bicyclic) bond motifs is 1. The molecule has 0 aliphatic heterocycles. The Morgan fingerprint density at radius 1 is 1.25 bits per heavy atom. The van der Waals surface area contributed by atoms with Crippen LogP contribution in [0.15, 0.2) is 35.7 Å². The number of carbonyl (C=O) groups is 1. The van der Waals surface area contributed by atoms with Gasteiger partial charge in [-0.15, -0.1) is 11.3 Å². The number of carbonyl (C=O) groups excluding carboxylic acids is 1. The monoisotopic (exact) mass is 343 g/mol. The summed E-state index contributed by atoms with van der Waals surface area (Å²) in [4.78, 5) is 21.8. The van der Waals surface area contributed by atoms with E-state index in [-0.39, 0.29) is 12.5 Å². The molecule has 0 fully saturated rings. The maximum atomic E-state index is 11.7. The lowest BCUT2D eigenvalue weighted by Crippen LogP contribution is -2.17. The van der Waals surface area contributed by atoms with Crippen LogP contribution in [0.25, 0.3) is 21.6 Å². The van der Waals surface area contributed by atoms with E-state index in [0.29, 0.717) is 24.0 Å². The summed E-state index contributed by atoms with van der Waals surface area (Å²) in [6, 6.07) is 9.52. The molecule has 124 valence electrons. The first-order valence-corrected chi connectivity index (χ1v) is 8.39. The number of hydrogen-bond acceptors (Lipinski definition) is 7. The van der Waals surface area contributed by atoms with Gasteiger partial charge in [0.1, 0.15) is 18.1 Å². The number of aromatic nitrogens is 2. The molecule has 3 rings (SSSR count). The lowest BCUT2D eigenvalue weighted by Gasteiger charge is -2.12. The molecule has 1 aromatic carbocycles. The highest BCUT2D eigenvalue weighted by Crippen LogP contribution is 2.33. The third-order valence-electron chi connectivity index (χ3n) is 3.35. The van der Waals surface area contributed by atoms with Gasteiger partial charge in [0, 0.05) is 0 Å². The van der Waals surface area contributed by atoms with Gasteiger partial charge in [-0.25, -0.2) is 9.97 Å². The van der Waals surface area contributed by atoms with Crippen LogP contribution in [0.1, 0.15) is 6.92 Å². The standard InChI is InChI=1S/C17H17N3O3S/c1-3-23-14(21)10-18-17-15-11(6-4-7-12(15)22-2)19-16(20-17)13-8-5-9-24-13/h4-9H,3,10H2,1-2H3,(H,18,19,20). The van der Waals surface area contributed by atoms with Crippen molar-refractivity contribution < 1.29 is 14.3 Å². The van der Waals surface area contributed by atoms with Crippen LogP contribution in [0.2, 0.25) is 0 Å². The summed E-state index contributed by atoms with van der Waals surface area (Å²) in [5, 5.41) is 5.76. The van der Waals surface area contributed by atoms with Crippen LogP contribution in [-0.2, 0) is 9.53 Å². The van der Waals surface area contributed by atoms with E-state index < -0.39 is 0 Å². The highest BCUT2D eigenvalue weighted by Gasteiger charge is 2.15. The molecule has 3 aromatic rings. The Labute approximate surface area is 143 Å². The van der Waals surface area contributed by atoms with Gasteiger partial charge < -0.3 is 14.8 Å². The van der Waals surface area contributed by atoms with Crippen LogP contribution >= 0.6 is 11.3 Å². The van der Waals surface area contributed by atoms with Crippen LogP contribution in [0.4, 0.5) is 5.82 Å². The summed E-state index contributed by atoms with van der Waals surface area (Å²) in [5.74, 6) is 1.47. The molecular weight excluding hydrogens is 326 g/mol. The summed E-state index contributed by atoms with van der Waals surface area (Å²) in [5.41, 5.74) is 0.749. The van der Waals surface area contributed by atoms with Crippen LogP contribution in [0, 0.1) is 0 Å². The normalized spacial score (nSPS) is 10.6. The van der Waals surface area contributed by atoms with E-state index >= 15 is 0 Å². The van der Waals surface area contributed by atoms with E-state index in [2.05, 4.69) is 15.3 Å². The van der Waals surface area contributed by atoms with Crippen molar-refractivity contribution in [2.45, 2.75) is 6.92 Å². The molecule has 0 bridgehead atoms. The summed E-state index contributed by atoms with van der Waals surface area (Å²) in [6.07, 6.45) is 0. The molecule has 0 atom stereocenters. The number of thiophene rings is 1. The Morgan fingerprint density at radius 2 is 2.12 bits per heavy atom. The first-order chi connectivity index (χ1) is 11.7. The maximum Gasteiger partial charge on any atom is 0.325 e.